The molecule has 1 aromatic rings. The van der Waals surface area contributed by atoms with Crippen LogP contribution < -0.4 is 5.73 Å². The van der Waals surface area contributed by atoms with Gasteiger partial charge in [0.15, 0.2) is 10.8 Å². The maximum Gasteiger partial charge on any atom is 0.241 e. The lowest BCUT2D eigenvalue weighted by Crippen LogP contribution is -2.56. The van der Waals surface area contributed by atoms with Gasteiger partial charge in [0.2, 0.25) is 5.91 Å². The van der Waals surface area contributed by atoms with Gasteiger partial charge in [-0.1, -0.05) is 30.3 Å². The van der Waals surface area contributed by atoms with E-state index in [1.807, 2.05) is 12.1 Å². The van der Waals surface area contributed by atoms with Crippen molar-refractivity contribution < 1.29 is 9.59 Å². The first-order valence-electron chi connectivity index (χ1n) is 6.57. The fourth-order valence-corrected chi connectivity index (χ4v) is 3.07. The van der Waals surface area contributed by atoms with Gasteiger partial charge < -0.3 is 5.73 Å². The Kier molecular flexibility index (Phi) is 3.68. The number of ketones is 1. The molecule has 0 saturated heterocycles. The van der Waals surface area contributed by atoms with Crippen molar-refractivity contribution in [1.29, 1.82) is 15.8 Å². The van der Waals surface area contributed by atoms with E-state index in [1.165, 1.54) is 0 Å². The molecule has 0 aromatic heterocycles. The number of nitrogens with zero attached hydrogens (tertiary/aromatic N) is 3. The Morgan fingerprint density at radius 2 is 1.73 bits per heavy atom. The maximum atomic E-state index is 12.1. The summed E-state index contributed by atoms with van der Waals surface area (Å²) in [5.41, 5.74) is 1.74. The van der Waals surface area contributed by atoms with Gasteiger partial charge >= 0.3 is 0 Å². The summed E-state index contributed by atoms with van der Waals surface area (Å²) in [4.78, 5) is 24.0. The molecule has 6 nitrogen and oxygen atoms in total. The molecule has 0 aliphatic heterocycles. The summed E-state index contributed by atoms with van der Waals surface area (Å²) >= 11 is 0. The van der Waals surface area contributed by atoms with Crippen molar-refractivity contribution in [2.75, 3.05) is 0 Å². The molecule has 1 amide bonds. The number of hydrogen-bond acceptors (Lipinski definition) is 5. The van der Waals surface area contributed by atoms with Gasteiger partial charge in [-0.15, -0.1) is 0 Å². The van der Waals surface area contributed by atoms with Gasteiger partial charge in [-0.25, -0.2) is 0 Å². The number of benzene rings is 1. The first-order valence-corrected chi connectivity index (χ1v) is 6.57. The Labute approximate surface area is 127 Å². The van der Waals surface area contributed by atoms with Crippen molar-refractivity contribution in [3.63, 3.8) is 0 Å². The number of carbonyl (C=O) groups is 2. The minimum atomic E-state index is -2.15. The third-order valence-electron chi connectivity index (χ3n) is 4.26. The quantitative estimate of drug-likeness (QED) is 0.873. The zero-order chi connectivity index (χ0) is 16.4. The summed E-state index contributed by atoms with van der Waals surface area (Å²) in [7, 11) is 0. The molecule has 0 unspecified atom stereocenters. The second-order valence-corrected chi connectivity index (χ2v) is 5.30. The van der Waals surface area contributed by atoms with Crippen LogP contribution in [0, 0.1) is 44.8 Å². The minimum Gasteiger partial charge on any atom is -0.368 e. The lowest BCUT2D eigenvalue weighted by molar-refractivity contribution is -0.138. The first-order chi connectivity index (χ1) is 10.5. The highest BCUT2D eigenvalue weighted by Crippen LogP contribution is 2.55. The summed E-state index contributed by atoms with van der Waals surface area (Å²) < 4.78 is 0. The molecule has 1 aromatic carbocycles. The van der Waals surface area contributed by atoms with Gasteiger partial charge in [-0.2, -0.15) is 15.8 Å². The fraction of sp³-hybridized carbons (Fsp3) is 0.312. The third-order valence-corrected chi connectivity index (χ3v) is 4.26. The first kappa shape index (κ1) is 15.2. The molecule has 1 aliphatic carbocycles. The predicted molar refractivity (Wildman–Crippen MR) is 74.3 cm³/mol. The minimum absolute atomic E-state index is 0.0815. The van der Waals surface area contributed by atoms with E-state index < -0.39 is 29.1 Å². The second-order valence-electron chi connectivity index (χ2n) is 5.30. The molecular weight excluding hydrogens is 280 g/mol. The monoisotopic (exact) mass is 292 g/mol. The molecule has 0 spiro atoms. The van der Waals surface area contributed by atoms with E-state index in [1.54, 1.807) is 36.4 Å². The topological polar surface area (TPSA) is 132 Å². The number of rotatable bonds is 2. The molecule has 22 heavy (non-hydrogen) atoms. The van der Waals surface area contributed by atoms with Crippen LogP contribution in [0.15, 0.2) is 30.3 Å². The van der Waals surface area contributed by atoms with Crippen molar-refractivity contribution in [1.82, 2.24) is 0 Å². The van der Waals surface area contributed by atoms with Gasteiger partial charge in [0, 0.05) is 18.8 Å². The summed E-state index contributed by atoms with van der Waals surface area (Å²) in [5.74, 6) is -2.36. The van der Waals surface area contributed by atoms with Crippen LogP contribution in [0.4, 0.5) is 0 Å². The van der Waals surface area contributed by atoms with Crippen LogP contribution in [0.5, 0.6) is 0 Å². The molecule has 0 bridgehead atoms. The van der Waals surface area contributed by atoms with Crippen molar-refractivity contribution in [2.24, 2.45) is 16.6 Å². The molecule has 6 heteroatoms. The second kappa shape index (κ2) is 5.31. The van der Waals surface area contributed by atoms with Gasteiger partial charge in [-0.05, 0) is 5.56 Å². The van der Waals surface area contributed by atoms with E-state index >= 15 is 0 Å². The van der Waals surface area contributed by atoms with Crippen LogP contribution >= 0.6 is 0 Å². The number of carbonyl (C=O) groups excluding carboxylic acids is 2. The van der Waals surface area contributed by atoms with E-state index in [4.69, 9.17) is 5.73 Å². The molecule has 1 aliphatic rings. The van der Waals surface area contributed by atoms with E-state index in [-0.39, 0.29) is 12.2 Å². The Hall–Kier alpha value is -3.17. The molecule has 2 atom stereocenters. The van der Waals surface area contributed by atoms with E-state index in [9.17, 15) is 25.4 Å². The van der Waals surface area contributed by atoms with Crippen LogP contribution in [0.25, 0.3) is 0 Å². The Bertz CT molecular complexity index is 737. The van der Waals surface area contributed by atoms with Gasteiger partial charge in [0.25, 0.3) is 0 Å². The highest BCUT2D eigenvalue weighted by molar-refractivity contribution is 5.95. The number of hydrogen-bond donors (Lipinski definition) is 1. The summed E-state index contributed by atoms with van der Waals surface area (Å²) in [6, 6.07) is 13.8. The summed E-state index contributed by atoms with van der Waals surface area (Å²) in [6.45, 7) is 0. The van der Waals surface area contributed by atoms with Crippen LogP contribution in [-0.2, 0) is 9.59 Å². The number of amides is 1. The molecule has 2 rings (SSSR count). The smallest absolute Gasteiger partial charge is 0.241 e. The third kappa shape index (κ3) is 1.84. The number of nitrogens with two attached hydrogens (primary N) is 1. The van der Waals surface area contributed by atoms with Gasteiger partial charge in [0.1, 0.15) is 5.78 Å². The van der Waals surface area contributed by atoms with Crippen LogP contribution in [0.2, 0.25) is 0 Å². The molecular formula is C16H12N4O2. The SMILES string of the molecule is N#CC1(C#N)[C@@H](c2ccccc2)CC(=O)C[C@@]1(C#N)C(N)=O. The van der Waals surface area contributed by atoms with Crippen molar-refractivity contribution in [3.8, 4) is 18.2 Å². The maximum absolute atomic E-state index is 12.1. The zero-order valence-corrected chi connectivity index (χ0v) is 11.6. The van der Waals surface area contributed by atoms with Crippen molar-refractivity contribution >= 4 is 11.7 Å². The average molecular weight is 292 g/mol. The van der Waals surface area contributed by atoms with Crippen molar-refractivity contribution in [2.45, 2.75) is 18.8 Å². The zero-order valence-electron chi connectivity index (χ0n) is 11.6. The molecule has 0 radical (unpaired) electrons. The van der Waals surface area contributed by atoms with E-state index in [0.717, 1.165) is 0 Å². The molecule has 1 saturated carbocycles. The lowest BCUT2D eigenvalue weighted by atomic mass is 9.51. The normalized spacial score (nSPS) is 26.2. The van der Waals surface area contributed by atoms with E-state index in [0.29, 0.717) is 5.56 Å². The van der Waals surface area contributed by atoms with Gasteiger partial charge in [-0.3, -0.25) is 9.59 Å². The van der Waals surface area contributed by atoms with Crippen molar-refractivity contribution in [3.05, 3.63) is 35.9 Å². The van der Waals surface area contributed by atoms with Crippen LogP contribution in [0.3, 0.4) is 0 Å². The number of Topliss-reactive ketones (excluding diaryl/α,β-unsaturated/α-hetero) is 1. The summed E-state index contributed by atoms with van der Waals surface area (Å²) in [5, 5.41) is 28.8. The van der Waals surface area contributed by atoms with Gasteiger partial charge in [0.05, 0.1) is 18.2 Å². The molecule has 2 N–H and O–H groups in total. The molecule has 108 valence electrons. The number of primary amides is 1. The van der Waals surface area contributed by atoms with Crippen LogP contribution in [0.1, 0.15) is 24.3 Å². The highest BCUT2D eigenvalue weighted by atomic mass is 16.2. The van der Waals surface area contributed by atoms with E-state index in [2.05, 4.69) is 0 Å². The predicted octanol–water partition coefficient (Wildman–Crippen LogP) is 1.16. The lowest BCUT2D eigenvalue weighted by Gasteiger charge is -2.43. The fourth-order valence-electron chi connectivity index (χ4n) is 3.07. The Morgan fingerprint density at radius 3 is 2.18 bits per heavy atom. The Morgan fingerprint density at radius 1 is 1.14 bits per heavy atom. The summed E-state index contributed by atoms with van der Waals surface area (Å²) in [6.07, 6.45) is -0.592. The molecule has 0 heterocycles. The van der Waals surface area contributed by atoms with Crippen LogP contribution in [-0.4, -0.2) is 11.7 Å². The largest absolute Gasteiger partial charge is 0.368 e. The highest BCUT2D eigenvalue weighted by Gasteiger charge is 2.65. The number of nitriles is 3. The average Bonchev–Trinajstić information content (AvgIpc) is 2.54. The molecule has 1 fully saturated rings. The Balaban J connectivity index is 2.77. The standard InChI is InChI=1S/C16H12N4O2/c17-8-15(14(20)22)7-12(21)6-13(16(15,9-18)10-19)11-4-2-1-3-5-11/h1-5,13H,6-7H2,(H2,20,22)/t13-,15-/m1/s1.